The molecule has 0 aliphatic heterocycles. The zero-order chi connectivity index (χ0) is 13.7. The van der Waals surface area contributed by atoms with Crippen molar-refractivity contribution in [3.05, 3.63) is 53.5 Å². The Morgan fingerprint density at radius 2 is 2.00 bits per heavy atom. The Kier molecular flexibility index (Phi) is 4.41. The Hall–Kier alpha value is -2.01. The van der Waals surface area contributed by atoms with Crippen molar-refractivity contribution >= 4 is 0 Å². The molecule has 0 radical (unpaired) electrons. The highest BCUT2D eigenvalue weighted by Gasteiger charge is 2.14. The van der Waals surface area contributed by atoms with Gasteiger partial charge in [0.05, 0.1) is 18.8 Å². The summed E-state index contributed by atoms with van der Waals surface area (Å²) in [6, 6.07) is 10.2. The van der Waals surface area contributed by atoms with E-state index in [1.807, 2.05) is 19.2 Å². The average molecular weight is 261 g/mol. The smallest absolute Gasteiger partial charge is 0.233 e. The molecule has 1 N–H and O–H groups in total. The molecule has 2 rings (SSSR count). The van der Waals surface area contributed by atoms with Crippen LogP contribution in [-0.4, -0.2) is 24.4 Å². The van der Waals surface area contributed by atoms with E-state index in [9.17, 15) is 4.39 Å². The second-order valence-electron chi connectivity index (χ2n) is 4.14. The Morgan fingerprint density at radius 3 is 2.58 bits per heavy atom. The van der Waals surface area contributed by atoms with Crippen molar-refractivity contribution in [2.45, 2.75) is 12.5 Å². The van der Waals surface area contributed by atoms with Gasteiger partial charge in [0.15, 0.2) is 0 Å². The molecule has 0 aliphatic carbocycles. The average Bonchev–Trinajstić information content (AvgIpc) is 2.47. The maximum Gasteiger partial charge on any atom is 0.233 e. The molecule has 0 aliphatic rings. The van der Waals surface area contributed by atoms with Crippen molar-refractivity contribution in [2.24, 2.45) is 0 Å². The van der Waals surface area contributed by atoms with Crippen LogP contribution in [0.5, 0.6) is 5.88 Å². The van der Waals surface area contributed by atoms with Gasteiger partial charge >= 0.3 is 0 Å². The van der Waals surface area contributed by atoms with Gasteiger partial charge < -0.3 is 10.1 Å². The maximum atomic E-state index is 13.6. The Morgan fingerprint density at radius 1 is 1.21 bits per heavy atom. The largest absolute Gasteiger partial charge is 0.480 e. The van der Waals surface area contributed by atoms with Gasteiger partial charge in [-0.3, -0.25) is 0 Å². The molecule has 1 atom stereocenters. The molecule has 0 bridgehead atoms. The number of benzene rings is 1. The molecule has 0 fully saturated rings. The van der Waals surface area contributed by atoms with Gasteiger partial charge in [0.1, 0.15) is 5.82 Å². The number of ether oxygens (including phenoxy) is 1. The van der Waals surface area contributed by atoms with Crippen LogP contribution in [0.25, 0.3) is 0 Å². The first-order chi connectivity index (χ1) is 9.24. The summed E-state index contributed by atoms with van der Waals surface area (Å²) in [6.45, 7) is 0. The molecule has 1 heterocycles. The first kappa shape index (κ1) is 13.4. The summed E-state index contributed by atoms with van der Waals surface area (Å²) in [5.41, 5.74) is 1.41. The molecular weight excluding hydrogens is 245 g/mol. The van der Waals surface area contributed by atoms with E-state index in [0.717, 1.165) is 5.69 Å². The van der Waals surface area contributed by atoms with E-state index in [-0.39, 0.29) is 11.9 Å². The second kappa shape index (κ2) is 6.24. The zero-order valence-corrected chi connectivity index (χ0v) is 10.9. The summed E-state index contributed by atoms with van der Waals surface area (Å²) in [7, 11) is 3.36. The van der Waals surface area contributed by atoms with E-state index < -0.39 is 0 Å². The van der Waals surface area contributed by atoms with Crippen LogP contribution < -0.4 is 10.1 Å². The van der Waals surface area contributed by atoms with E-state index in [2.05, 4.69) is 15.5 Å². The van der Waals surface area contributed by atoms with Gasteiger partial charge in [-0.1, -0.05) is 18.2 Å². The molecule has 4 nitrogen and oxygen atoms in total. The lowest BCUT2D eigenvalue weighted by Gasteiger charge is -2.15. The molecule has 1 unspecified atom stereocenters. The number of methoxy groups -OCH3 is 1. The van der Waals surface area contributed by atoms with E-state index in [1.165, 1.54) is 6.07 Å². The van der Waals surface area contributed by atoms with Crippen LogP contribution >= 0.6 is 0 Å². The van der Waals surface area contributed by atoms with Gasteiger partial charge in [-0.05, 0) is 31.2 Å². The molecule has 2 aromatic rings. The third kappa shape index (κ3) is 3.26. The topological polar surface area (TPSA) is 47.0 Å². The lowest BCUT2D eigenvalue weighted by molar-refractivity contribution is 0.389. The summed E-state index contributed by atoms with van der Waals surface area (Å²) in [5.74, 6) is 0.258. The quantitative estimate of drug-likeness (QED) is 0.895. The third-order valence-electron chi connectivity index (χ3n) is 2.96. The second-order valence-corrected chi connectivity index (χ2v) is 4.14. The molecule has 0 amide bonds. The number of nitrogens with zero attached hydrogens (tertiary/aromatic N) is 2. The molecule has 1 aromatic heterocycles. The van der Waals surface area contributed by atoms with Crippen molar-refractivity contribution in [1.82, 2.24) is 15.5 Å². The number of nitrogens with one attached hydrogen (secondary N) is 1. The van der Waals surface area contributed by atoms with Gasteiger partial charge in [0.25, 0.3) is 0 Å². The number of likely N-dealkylation sites (N-methyl/N-ethyl adjacent to an activating group) is 1. The summed E-state index contributed by atoms with van der Waals surface area (Å²) in [5, 5.41) is 11.1. The first-order valence-electron chi connectivity index (χ1n) is 6.03. The van der Waals surface area contributed by atoms with Gasteiger partial charge in [0.2, 0.25) is 5.88 Å². The fraction of sp³-hybridized carbons (Fsp3) is 0.286. The van der Waals surface area contributed by atoms with Crippen molar-refractivity contribution in [2.75, 3.05) is 14.2 Å². The maximum absolute atomic E-state index is 13.6. The number of halogens is 1. The normalized spacial score (nSPS) is 12.2. The van der Waals surface area contributed by atoms with E-state index in [4.69, 9.17) is 4.74 Å². The zero-order valence-electron chi connectivity index (χ0n) is 10.9. The highest BCUT2D eigenvalue weighted by Crippen LogP contribution is 2.18. The van der Waals surface area contributed by atoms with Gasteiger partial charge in [-0.25, -0.2) is 4.39 Å². The molecule has 0 spiro atoms. The lowest BCUT2D eigenvalue weighted by atomic mass is 10.0. The summed E-state index contributed by atoms with van der Waals surface area (Å²) in [6.07, 6.45) is 0.518. The van der Waals surface area contributed by atoms with Crippen LogP contribution in [-0.2, 0) is 6.42 Å². The Balaban J connectivity index is 2.17. The first-order valence-corrected chi connectivity index (χ1v) is 6.03. The fourth-order valence-corrected chi connectivity index (χ4v) is 1.86. The van der Waals surface area contributed by atoms with Crippen LogP contribution in [0.3, 0.4) is 0 Å². The van der Waals surface area contributed by atoms with Gasteiger partial charge in [-0.2, -0.15) is 5.10 Å². The Bertz CT molecular complexity index is 530. The van der Waals surface area contributed by atoms with Crippen LogP contribution in [0, 0.1) is 5.82 Å². The predicted octanol–water partition coefficient (Wildman–Crippen LogP) is 2.13. The minimum Gasteiger partial charge on any atom is -0.480 e. The molecule has 5 heteroatoms. The minimum absolute atomic E-state index is 0.0877. The molecular formula is C14H16FN3O. The van der Waals surface area contributed by atoms with E-state index >= 15 is 0 Å². The van der Waals surface area contributed by atoms with E-state index in [1.54, 1.807) is 25.3 Å². The number of aromatic nitrogens is 2. The van der Waals surface area contributed by atoms with Crippen LogP contribution in [0.15, 0.2) is 36.4 Å². The van der Waals surface area contributed by atoms with Gasteiger partial charge in [0, 0.05) is 6.07 Å². The van der Waals surface area contributed by atoms with Gasteiger partial charge in [-0.15, -0.1) is 5.10 Å². The highest BCUT2D eigenvalue weighted by atomic mass is 19.1. The SMILES string of the molecule is CNC(Cc1ccccc1F)c1ccc(OC)nn1. The molecule has 0 saturated heterocycles. The minimum atomic E-state index is -0.204. The summed E-state index contributed by atoms with van der Waals surface area (Å²) in [4.78, 5) is 0. The Labute approximate surface area is 111 Å². The molecule has 100 valence electrons. The van der Waals surface area contributed by atoms with Crippen LogP contribution in [0.1, 0.15) is 17.3 Å². The highest BCUT2D eigenvalue weighted by molar-refractivity contribution is 5.21. The van der Waals surface area contributed by atoms with Crippen molar-refractivity contribution in [3.8, 4) is 5.88 Å². The summed E-state index contributed by atoms with van der Waals surface area (Å²) >= 11 is 0. The molecule has 19 heavy (non-hydrogen) atoms. The number of hydrogen-bond acceptors (Lipinski definition) is 4. The van der Waals surface area contributed by atoms with Crippen LogP contribution in [0.2, 0.25) is 0 Å². The lowest BCUT2D eigenvalue weighted by Crippen LogP contribution is -2.21. The fourth-order valence-electron chi connectivity index (χ4n) is 1.86. The number of rotatable bonds is 5. The molecule has 1 aromatic carbocycles. The molecule has 0 saturated carbocycles. The van der Waals surface area contributed by atoms with E-state index in [0.29, 0.717) is 17.9 Å². The van der Waals surface area contributed by atoms with Crippen LogP contribution in [0.4, 0.5) is 4.39 Å². The third-order valence-corrected chi connectivity index (χ3v) is 2.96. The predicted molar refractivity (Wildman–Crippen MR) is 70.5 cm³/mol. The van der Waals surface area contributed by atoms with Crippen molar-refractivity contribution < 1.29 is 9.13 Å². The monoisotopic (exact) mass is 261 g/mol. The number of hydrogen-bond donors (Lipinski definition) is 1. The standard InChI is InChI=1S/C14H16FN3O/c1-16-13(9-10-5-3-4-6-11(10)15)12-7-8-14(19-2)18-17-12/h3-8,13,16H,9H2,1-2H3. The summed E-state index contributed by atoms with van der Waals surface area (Å²) < 4.78 is 18.6. The van der Waals surface area contributed by atoms with Crippen molar-refractivity contribution in [1.29, 1.82) is 0 Å². The van der Waals surface area contributed by atoms with Crippen molar-refractivity contribution in [3.63, 3.8) is 0 Å².